The number of ether oxygens (including phenoxy) is 2. The van der Waals surface area contributed by atoms with Crippen LogP contribution in [0.5, 0.6) is 5.75 Å². The quantitative estimate of drug-likeness (QED) is 0.814. The fourth-order valence-electron chi connectivity index (χ4n) is 2.83. The minimum absolute atomic E-state index is 0.352. The van der Waals surface area contributed by atoms with Crippen LogP contribution in [-0.4, -0.2) is 50.7 Å². The Labute approximate surface area is 127 Å². The summed E-state index contributed by atoms with van der Waals surface area (Å²) in [6, 6.07) is 6.18. The highest BCUT2D eigenvalue weighted by Crippen LogP contribution is 2.23. The molecule has 0 spiro atoms. The number of nitrogens with one attached hydrogen (secondary N) is 1. The molecule has 1 heterocycles. The Bertz CT molecular complexity index is 442. The summed E-state index contributed by atoms with van der Waals surface area (Å²) in [5.74, 6) is 1.36. The van der Waals surface area contributed by atoms with Crippen molar-refractivity contribution in [3.05, 3.63) is 29.3 Å². The summed E-state index contributed by atoms with van der Waals surface area (Å²) in [6.07, 6.45) is -0.428. The van der Waals surface area contributed by atoms with Crippen molar-refractivity contribution in [2.24, 2.45) is 0 Å². The van der Waals surface area contributed by atoms with Gasteiger partial charge in [0, 0.05) is 0 Å². The van der Waals surface area contributed by atoms with Gasteiger partial charge in [0.1, 0.15) is 38.1 Å². The minimum atomic E-state index is -0.428. The van der Waals surface area contributed by atoms with E-state index in [9.17, 15) is 5.11 Å². The Hall–Kier alpha value is -1.10. The summed E-state index contributed by atoms with van der Waals surface area (Å²) in [5.41, 5.74) is 2.59. The molecular formula is C17H28NO3+. The van der Waals surface area contributed by atoms with Crippen molar-refractivity contribution in [2.75, 3.05) is 39.5 Å². The molecule has 4 heteroatoms. The van der Waals surface area contributed by atoms with Crippen LogP contribution in [0.2, 0.25) is 0 Å². The summed E-state index contributed by atoms with van der Waals surface area (Å²) in [7, 11) is 0. The molecule has 0 saturated carbocycles. The molecule has 1 atom stereocenters. The maximum absolute atomic E-state index is 10.1. The van der Waals surface area contributed by atoms with E-state index in [2.05, 4.69) is 32.9 Å². The highest BCUT2D eigenvalue weighted by molar-refractivity contribution is 5.36. The van der Waals surface area contributed by atoms with Gasteiger partial charge in [-0.25, -0.2) is 0 Å². The van der Waals surface area contributed by atoms with Crippen LogP contribution in [0.4, 0.5) is 0 Å². The molecular weight excluding hydrogens is 266 g/mol. The highest BCUT2D eigenvalue weighted by atomic mass is 16.5. The molecule has 0 unspecified atom stereocenters. The summed E-state index contributed by atoms with van der Waals surface area (Å²) in [6.45, 7) is 11.1. The lowest BCUT2D eigenvalue weighted by Crippen LogP contribution is -3.15. The predicted octanol–water partition coefficient (Wildman–Crippen LogP) is 0.773. The Morgan fingerprint density at radius 1 is 1.29 bits per heavy atom. The predicted molar refractivity (Wildman–Crippen MR) is 83.2 cm³/mol. The molecule has 2 N–H and O–H groups in total. The third-order valence-electron chi connectivity index (χ3n) is 4.03. The minimum Gasteiger partial charge on any atom is -0.491 e. The molecule has 0 aromatic heterocycles. The lowest BCUT2D eigenvalue weighted by atomic mass is 9.98. The number of aryl methyl sites for hydroxylation is 1. The highest BCUT2D eigenvalue weighted by Gasteiger charge is 2.18. The van der Waals surface area contributed by atoms with Crippen molar-refractivity contribution in [2.45, 2.75) is 32.8 Å². The molecule has 0 aliphatic carbocycles. The smallest absolute Gasteiger partial charge is 0.137 e. The van der Waals surface area contributed by atoms with E-state index in [-0.39, 0.29) is 0 Å². The second-order valence-electron chi connectivity index (χ2n) is 6.20. The first-order valence-corrected chi connectivity index (χ1v) is 7.89. The van der Waals surface area contributed by atoms with E-state index in [0.717, 1.165) is 38.6 Å². The van der Waals surface area contributed by atoms with Crippen molar-refractivity contribution < 1.29 is 19.5 Å². The second kappa shape index (κ2) is 7.78. The van der Waals surface area contributed by atoms with Crippen LogP contribution in [0.1, 0.15) is 30.9 Å². The van der Waals surface area contributed by atoms with Gasteiger partial charge in [0.25, 0.3) is 0 Å². The van der Waals surface area contributed by atoms with Gasteiger partial charge >= 0.3 is 0 Å². The molecule has 0 bridgehead atoms. The normalized spacial score (nSPS) is 18.0. The zero-order valence-electron chi connectivity index (χ0n) is 13.4. The van der Waals surface area contributed by atoms with Crippen LogP contribution in [-0.2, 0) is 4.74 Å². The molecule has 21 heavy (non-hydrogen) atoms. The van der Waals surface area contributed by atoms with E-state index < -0.39 is 6.10 Å². The van der Waals surface area contributed by atoms with Gasteiger partial charge in [0.15, 0.2) is 0 Å². The van der Waals surface area contributed by atoms with E-state index in [1.54, 1.807) is 0 Å². The third-order valence-corrected chi connectivity index (χ3v) is 4.03. The van der Waals surface area contributed by atoms with Gasteiger partial charge in [-0.15, -0.1) is 0 Å². The van der Waals surface area contributed by atoms with Gasteiger partial charge in [-0.2, -0.15) is 0 Å². The van der Waals surface area contributed by atoms with E-state index in [1.807, 2.05) is 6.07 Å². The Kier molecular flexibility index (Phi) is 6.03. The molecule has 4 nitrogen and oxygen atoms in total. The molecule has 0 amide bonds. The Morgan fingerprint density at radius 3 is 2.62 bits per heavy atom. The lowest BCUT2D eigenvalue weighted by molar-refractivity contribution is -0.911. The average molecular weight is 294 g/mol. The van der Waals surface area contributed by atoms with Gasteiger partial charge in [0.05, 0.1) is 13.2 Å². The average Bonchev–Trinajstić information content (AvgIpc) is 2.46. The summed E-state index contributed by atoms with van der Waals surface area (Å²) in [5, 5.41) is 10.1. The molecule has 1 aromatic carbocycles. The zero-order chi connectivity index (χ0) is 15.2. The van der Waals surface area contributed by atoms with Gasteiger partial charge in [0.2, 0.25) is 0 Å². The summed E-state index contributed by atoms with van der Waals surface area (Å²) in [4.78, 5) is 1.39. The van der Waals surface area contributed by atoms with Crippen LogP contribution >= 0.6 is 0 Å². The zero-order valence-corrected chi connectivity index (χ0v) is 13.4. The van der Waals surface area contributed by atoms with Crippen molar-refractivity contribution >= 4 is 0 Å². The van der Waals surface area contributed by atoms with Crippen LogP contribution in [0.15, 0.2) is 18.2 Å². The van der Waals surface area contributed by atoms with E-state index in [4.69, 9.17) is 9.47 Å². The number of benzene rings is 1. The molecule has 0 radical (unpaired) electrons. The maximum atomic E-state index is 10.1. The number of hydrogen-bond donors (Lipinski definition) is 2. The van der Waals surface area contributed by atoms with Crippen molar-refractivity contribution in [3.63, 3.8) is 0 Å². The number of aliphatic hydroxyl groups is 1. The standard InChI is InChI=1S/C17H27NO3/c1-13(2)17-5-4-16(10-14(17)3)21-12-15(19)11-18-6-8-20-9-7-18/h4-5,10,13,15,19H,6-9,11-12H2,1-3H3/p+1/t15-/m0/s1. The molecule has 1 fully saturated rings. The van der Waals surface area contributed by atoms with Crippen LogP contribution < -0.4 is 9.64 Å². The van der Waals surface area contributed by atoms with Crippen molar-refractivity contribution in [1.82, 2.24) is 0 Å². The molecule has 1 aliphatic rings. The SMILES string of the molecule is Cc1cc(OC[C@@H](O)C[NH+]2CCOCC2)ccc1C(C)C. The fraction of sp³-hybridized carbons (Fsp3) is 0.647. The van der Waals surface area contributed by atoms with E-state index in [1.165, 1.54) is 16.0 Å². The first-order chi connectivity index (χ1) is 10.1. The number of quaternary nitrogens is 1. The lowest BCUT2D eigenvalue weighted by Gasteiger charge is -2.25. The number of hydrogen-bond acceptors (Lipinski definition) is 3. The molecule has 1 saturated heterocycles. The van der Waals surface area contributed by atoms with Gasteiger partial charge in [-0.1, -0.05) is 19.9 Å². The second-order valence-corrected chi connectivity index (χ2v) is 6.20. The third kappa shape index (κ3) is 4.99. The molecule has 118 valence electrons. The molecule has 2 rings (SSSR count). The summed E-state index contributed by atoms with van der Waals surface area (Å²) < 4.78 is 11.1. The number of morpholine rings is 1. The topological polar surface area (TPSA) is 43.1 Å². The Balaban J connectivity index is 1.80. The summed E-state index contributed by atoms with van der Waals surface area (Å²) >= 11 is 0. The van der Waals surface area contributed by atoms with E-state index in [0.29, 0.717) is 12.5 Å². The van der Waals surface area contributed by atoms with Crippen LogP contribution in [0.3, 0.4) is 0 Å². The van der Waals surface area contributed by atoms with Crippen molar-refractivity contribution in [1.29, 1.82) is 0 Å². The van der Waals surface area contributed by atoms with Gasteiger partial charge in [-0.05, 0) is 36.1 Å². The maximum Gasteiger partial charge on any atom is 0.137 e. The Morgan fingerprint density at radius 2 is 2.00 bits per heavy atom. The van der Waals surface area contributed by atoms with Crippen LogP contribution in [0, 0.1) is 6.92 Å². The van der Waals surface area contributed by atoms with Gasteiger partial charge in [-0.3, -0.25) is 0 Å². The molecule has 1 aromatic rings. The number of rotatable bonds is 6. The fourth-order valence-corrected chi connectivity index (χ4v) is 2.83. The van der Waals surface area contributed by atoms with Crippen molar-refractivity contribution in [3.8, 4) is 5.75 Å². The first kappa shape index (κ1) is 16.3. The number of aliphatic hydroxyl groups excluding tert-OH is 1. The van der Waals surface area contributed by atoms with Gasteiger partial charge < -0.3 is 19.5 Å². The molecule has 1 aliphatic heterocycles. The van der Waals surface area contributed by atoms with E-state index >= 15 is 0 Å². The van der Waals surface area contributed by atoms with Crippen LogP contribution in [0.25, 0.3) is 0 Å². The largest absolute Gasteiger partial charge is 0.491 e. The monoisotopic (exact) mass is 294 g/mol. The first-order valence-electron chi connectivity index (χ1n) is 7.89.